The summed E-state index contributed by atoms with van der Waals surface area (Å²) < 4.78 is 22.8. The van der Waals surface area contributed by atoms with Gasteiger partial charge in [0.1, 0.15) is 22.1 Å². The number of aryl methyl sites for hydroxylation is 1. The number of nitrogens with one attached hydrogen (secondary N) is 1. The molecule has 1 fully saturated rings. The first-order chi connectivity index (χ1) is 19.3. The molecule has 2 aromatic carbocycles. The molecule has 1 unspecified atom stereocenters. The maximum Gasteiger partial charge on any atom is 0.350 e. The van der Waals surface area contributed by atoms with E-state index < -0.39 is 12.1 Å². The minimum atomic E-state index is -0.585. The minimum Gasteiger partial charge on any atom is -0.480 e. The van der Waals surface area contributed by atoms with Crippen molar-refractivity contribution in [2.45, 2.75) is 46.3 Å². The molecule has 1 saturated heterocycles. The average molecular weight is 564 g/mol. The molecule has 12 heteroatoms. The largest absolute Gasteiger partial charge is 0.480 e. The SMILES string of the molecule is CCOC(=O)c1cnc(Nc2cc(Oc3ccc(-c4nnc(C)o4)cc3)cc(OC3CCN(C(C)C)C3=O)c2)s1. The summed E-state index contributed by atoms with van der Waals surface area (Å²) in [4.78, 5) is 31.4. The quantitative estimate of drug-likeness (QED) is 0.243. The number of thiazole rings is 1. The number of carbonyl (C=O) groups is 2. The molecule has 1 N–H and O–H groups in total. The second-order valence-corrected chi connectivity index (χ2v) is 10.4. The number of aromatic nitrogens is 3. The Kier molecular flexibility index (Phi) is 7.96. The van der Waals surface area contributed by atoms with Crippen LogP contribution in [-0.4, -0.2) is 57.3 Å². The molecular weight excluding hydrogens is 534 g/mol. The fourth-order valence-electron chi connectivity index (χ4n) is 4.20. The third kappa shape index (κ3) is 6.23. The molecule has 1 amide bonds. The summed E-state index contributed by atoms with van der Waals surface area (Å²) in [6.45, 7) is 8.38. The van der Waals surface area contributed by atoms with E-state index >= 15 is 0 Å². The standard InChI is InChI=1S/C28H29N5O6S/c1-5-36-27(35)24-15-29-28(40-24)30-19-12-21(14-22(13-19)39-23-10-11-33(16(2)3)26(23)34)38-20-8-6-18(7-9-20)25-32-31-17(4)37-25/h6-9,12-16,23H,5,10-11H2,1-4H3,(H,29,30). The molecule has 1 aliphatic heterocycles. The van der Waals surface area contributed by atoms with Crippen molar-refractivity contribution in [3.8, 4) is 28.7 Å². The van der Waals surface area contributed by atoms with Crippen molar-refractivity contribution in [2.75, 3.05) is 18.5 Å². The number of esters is 1. The van der Waals surface area contributed by atoms with Gasteiger partial charge in [0.15, 0.2) is 11.2 Å². The van der Waals surface area contributed by atoms with Crippen molar-refractivity contribution in [1.82, 2.24) is 20.1 Å². The summed E-state index contributed by atoms with van der Waals surface area (Å²) in [5, 5.41) is 11.6. The van der Waals surface area contributed by atoms with Gasteiger partial charge in [0, 0.05) is 55.4 Å². The lowest BCUT2D eigenvalue weighted by Crippen LogP contribution is -2.36. The summed E-state index contributed by atoms with van der Waals surface area (Å²) in [5.74, 6) is 1.96. The van der Waals surface area contributed by atoms with Crippen LogP contribution in [0.4, 0.5) is 10.8 Å². The van der Waals surface area contributed by atoms with Crippen molar-refractivity contribution in [3.05, 3.63) is 59.4 Å². The first kappa shape index (κ1) is 27.1. The lowest BCUT2D eigenvalue weighted by Gasteiger charge is -2.21. The van der Waals surface area contributed by atoms with Crippen LogP contribution >= 0.6 is 11.3 Å². The van der Waals surface area contributed by atoms with E-state index in [9.17, 15) is 9.59 Å². The molecule has 0 aliphatic carbocycles. The van der Waals surface area contributed by atoms with Gasteiger partial charge < -0.3 is 28.8 Å². The molecule has 1 atom stereocenters. The Morgan fingerprint density at radius 2 is 1.93 bits per heavy atom. The highest BCUT2D eigenvalue weighted by Crippen LogP contribution is 2.34. The van der Waals surface area contributed by atoms with E-state index in [4.69, 9.17) is 18.6 Å². The molecule has 2 aromatic heterocycles. The zero-order chi connectivity index (χ0) is 28.2. The zero-order valence-electron chi connectivity index (χ0n) is 22.5. The van der Waals surface area contributed by atoms with Crippen LogP contribution in [0.1, 0.15) is 42.8 Å². The van der Waals surface area contributed by atoms with Crippen LogP contribution in [-0.2, 0) is 9.53 Å². The molecule has 11 nitrogen and oxygen atoms in total. The van der Waals surface area contributed by atoms with Crippen LogP contribution in [0.15, 0.2) is 53.1 Å². The zero-order valence-corrected chi connectivity index (χ0v) is 23.4. The van der Waals surface area contributed by atoms with Gasteiger partial charge >= 0.3 is 5.97 Å². The van der Waals surface area contributed by atoms with Crippen LogP contribution in [0.5, 0.6) is 17.2 Å². The average Bonchev–Trinajstić information content (AvgIpc) is 3.65. The number of carbonyl (C=O) groups excluding carboxylic acids is 2. The van der Waals surface area contributed by atoms with Crippen LogP contribution in [0.3, 0.4) is 0 Å². The summed E-state index contributed by atoms with van der Waals surface area (Å²) in [7, 11) is 0. The third-order valence-corrected chi connectivity index (χ3v) is 6.96. The van der Waals surface area contributed by atoms with Gasteiger partial charge in [-0.25, -0.2) is 9.78 Å². The fourth-order valence-corrected chi connectivity index (χ4v) is 4.93. The molecule has 4 aromatic rings. The first-order valence-electron chi connectivity index (χ1n) is 12.9. The van der Waals surface area contributed by atoms with Crippen LogP contribution < -0.4 is 14.8 Å². The summed E-state index contributed by atoms with van der Waals surface area (Å²) >= 11 is 1.17. The lowest BCUT2D eigenvalue weighted by atomic mass is 10.2. The van der Waals surface area contributed by atoms with Gasteiger partial charge in [-0.1, -0.05) is 11.3 Å². The molecule has 0 radical (unpaired) electrons. The van der Waals surface area contributed by atoms with Crippen molar-refractivity contribution in [3.63, 3.8) is 0 Å². The maximum atomic E-state index is 12.9. The Bertz CT molecular complexity index is 1500. The van der Waals surface area contributed by atoms with Gasteiger partial charge in [0.2, 0.25) is 11.8 Å². The normalized spacial score (nSPS) is 15.0. The van der Waals surface area contributed by atoms with Gasteiger partial charge in [-0.15, -0.1) is 10.2 Å². The van der Waals surface area contributed by atoms with Crippen molar-refractivity contribution in [1.29, 1.82) is 0 Å². The number of amides is 1. The first-order valence-corrected chi connectivity index (χ1v) is 13.7. The molecule has 0 saturated carbocycles. The molecular formula is C28H29N5O6S. The van der Waals surface area contributed by atoms with Gasteiger partial charge in [-0.3, -0.25) is 4.79 Å². The van der Waals surface area contributed by atoms with E-state index in [1.165, 1.54) is 17.5 Å². The van der Waals surface area contributed by atoms with Crippen LogP contribution in [0, 0.1) is 6.92 Å². The van der Waals surface area contributed by atoms with Gasteiger partial charge in [0.05, 0.1) is 12.8 Å². The number of benzene rings is 2. The van der Waals surface area contributed by atoms with E-state index in [2.05, 4.69) is 20.5 Å². The van der Waals surface area contributed by atoms with Crippen molar-refractivity contribution < 1.29 is 28.2 Å². The molecule has 1 aliphatic rings. The highest BCUT2D eigenvalue weighted by atomic mass is 32.1. The highest BCUT2D eigenvalue weighted by molar-refractivity contribution is 7.17. The van der Waals surface area contributed by atoms with Gasteiger partial charge in [-0.05, 0) is 45.0 Å². The predicted octanol–water partition coefficient (Wildman–Crippen LogP) is 5.60. The van der Waals surface area contributed by atoms with E-state index in [0.717, 1.165) is 5.56 Å². The Labute approximate surface area is 235 Å². The summed E-state index contributed by atoms with van der Waals surface area (Å²) in [6, 6.07) is 12.6. The molecule has 5 rings (SSSR count). The fraction of sp³-hybridized carbons (Fsp3) is 0.321. The molecule has 3 heterocycles. The van der Waals surface area contributed by atoms with Crippen LogP contribution in [0.25, 0.3) is 11.5 Å². The Morgan fingerprint density at radius 3 is 2.60 bits per heavy atom. The number of ether oxygens (including phenoxy) is 3. The third-order valence-electron chi connectivity index (χ3n) is 6.07. The minimum absolute atomic E-state index is 0.0401. The number of rotatable bonds is 10. The summed E-state index contributed by atoms with van der Waals surface area (Å²) in [5.41, 5.74) is 1.38. The molecule has 0 spiro atoms. The Morgan fingerprint density at radius 1 is 1.15 bits per heavy atom. The van der Waals surface area contributed by atoms with Crippen molar-refractivity contribution >= 4 is 34.0 Å². The predicted molar refractivity (Wildman–Crippen MR) is 148 cm³/mol. The van der Waals surface area contributed by atoms with Crippen LogP contribution in [0.2, 0.25) is 0 Å². The number of hydrogen-bond acceptors (Lipinski definition) is 11. The highest BCUT2D eigenvalue weighted by Gasteiger charge is 2.34. The Balaban J connectivity index is 1.38. The maximum absolute atomic E-state index is 12.9. The van der Waals surface area contributed by atoms with Gasteiger partial charge in [0.25, 0.3) is 5.91 Å². The van der Waals surface area contributed by atoms with E-state index in [0.29, 0.717) is 57.7 Å². The lowest BCUT2D eigenvalue weighted by molar-refractivity contribution is -0.134. The summed E-state index contributed by atoms with van der Waals surface area (Å²) in [6.07, 6.45) is 1.47. The topological polar surface area (TPSA) is 129 Å². The van der Waals surface area contributed by atoms with E-state index in [1.54, 1.807) is 44.2 Å². The second kappa shape index (κ2) is 11.7. The smallest absolute Gasteiger partial charge is 0.350 e. The van der Waals surface area contributed by atoms with Gasteiger partial charge in [-0.2, -0.15) is 0 Å². The Hall–Kier alpha value is -4.45. The number of likely N-dealkylation sites (tertiary alicyclic amines) is 1. The molecule has 208 valence electrons. The van der Waals surface area contributed by atoms with Crippen molar-refractivity contribution in [2.24, 2.45) is 0 Å². The number of hydrogen-bond donors (Lipinski definition) is 1. The monoisotopic (exact) mass is 563 g/mol. The second-order valence-electron chi connectivity index (χ2n) is 9.34. The van der Waals surface area contributed by atoms with E-state index in [-0.39, 0.29) is 18.6 Å². The number of nitrogens with zero attached hydrogens (tertiary/aromatic N) is 4. The number of anilines is 2. The van der Waals surface area contributed by atoms with E-state index in [1.807, 2.05) is 30.9 Å². The molecule has 40 heavy (non-hydrogen) atoms. The molecule has 0 bridgehead atoms.